The smallest absolute Gasteiger partial charge is 0.272 e. The number of methoxy groups -OCH3 is 3. The molecule has 7 nitrogen and oxygen atoms in total. The van der Waals surface area contributed by atoms with Gasteiger partial charge >= 0.3 is 0 Å². The summed E-state index contributed by atoms with van der Waals surface area (Å²) < 4.78 is 30.0. The van der Waals surface area contributed by atoms with Crippen molar-refractivity contribution >= 4 is 11.4 Å². The highest BCUT2D eigenvalue weighted by Crippen LogP contribution is 2.41. The van der Waals surface area contributed by atoms with Crippen LogP contribution < -0.4 is 35.7 Å². The van der Waals surface area contributed by atoms with Crippen LogP contribution in [0.3, 0.4) is 0 Å². The summed E-state index contributed by atoms with van der Waals surface area (Å²) in [6.45, 7) is 2.04. The van der Waals surface area contributed by atoms with E-state index in [0.29, 0.717) is 17.2 Å². The van der Waals surface area contributed by atoms with E-state index >= 15 is 0 Å². The number of benzene rings is 3. The lowest BCUT2D eigenvalue weighted by molar-refractivity contribution is 0.355. The molecule has 0 saturated carbocycles. The number of anilines is 2. The second-order valence-corrected chi connectivity index (χ2v) is 8.28. The maximum absolute atomic E-state index is 13.7. The highest BCUT2D eigenvalue weighted by atomic mass is 19.1. The van der Waals surface area contributed by atoms with Gasteiger partial charge in [0, 0.05) is 6.04 Å². The highest BCUT2D eigenvalue weighted by molar-refractivity contribution is 5.76. The van der Waals surface area contributed by atoms with E-state index in [9.17, 15) is 14.0 Å². The Hall–Kier alpha value is -4.17. The number of hydrogen-bond acceptors (Lipinski definition) is 7. The van der Waals surface area contributed by atoms with Crippen LogP contribution in [-0.2, 0) is 0 Å². The van der Waals surface area contributed by atoms with E-state index in [1.54, 1.807) is 18.2 Å². The molecule has 0 aliphatic carbocycles. The summed E-state index contributed by atoms with van der Waals surface area (Å²) in [6.07, 6.45) is 0. The first-order valence-corrected chi connectivity index (χ1v) is 11.3. The fraction of sp³-hybridized carbons (Fsp3) is 0.214. The van der Waals surface area contributed by atoms with Crippen molar-refractivity contribution < 1.29 is 18.6 Å². The summed E-state index contributed by atoms with van der Waals surface area (Å²) in [6, 6.07) is 19.4. The maximum Gasteiger partial charge on any atom is 0.272 e. The molecule has 0 radical (unpaired) electrons. The molecule has 1 unspecified atom stereocenters. The maximum atomic E-state index is 13.7. The van der Waals surface area contributed by atoms with E-state index in [1.165, 1.54) is 33.5 Å². The molecule has 186 valence electrons. The number of halogens is 1. The minimum absolute atomic E-state index is 0.0441. The summed E-state index contributed by atoms with van der Waals surface area (Å²) in [7, 11) is 4.32. The van der Waals surface area contributed by atoms with Gasteiger partial charge in [0.15, 0.2) is 17.2 Å². The fourth-order valence-corrected chi connectivity index (χ4v) is 4.19. The predicted molar refractivity (Wildman–Crippen MR) is 137 cm³/mol. The molecule has 0 saturated heterocycles. The van der Waals surface area contributed by atoms with Gasteiger partial charge < -0.3 is 19.5 Å². The van der Waals surface area contributed by atoms with Gasteiger partial charge in [0.05, 0.1) is 33.1 Å². The molecule has 0 aliphatic rings. The fourth-order valence-electron chi connectivity index (χ4n) is 4.19. The van der Waals surface area contributed by atoms with Gasteiger partial charge in [-0.3, -0.25) is 14.9 Å². The quantitative estimate of drug-likeness (QED) is 0.314. The van der Waals surface area contributed by atoms with E-state index < -0.39 is 10.9 Å². The van der Waals surface area contributed by atoms with Crippen molar-refractivity contribution in [2.24, 2.45) is 0 Å². The molecule has 2 N–H and O–H groups in total. The zero-order chi connectivity index (χ0) is 25.8. The topological polar surface area (TPSA) is 85.9 Å². The van der Waals surface area contributed by atoms with Gasteiger partial charge in [0.2, 0.25) is 0 Å². The van der Waals surface area contributed by atoms with Crippen molar-refractivity contribution in [2.75, 3.05) is 26.6 Å². The van der Waals surface area contributed by atoms with Gasteiger partial charge in [-0.2, -0.15) is 0 Å². The van der Waals surface area contributed by atoms with Crippen LogP contribution in [0, 0.1) is 5.82 Å². The number of ether oxygens (including phenoxy) is 3. The van der Waals surface area contributed by atoms with Crippen molar-refractivity contribution in [1.29, 1.82) is 0 Å². The van der Waals surface area contributed by atoms with Gasteiger partial charge in [-0.05, 0) is 47.9 Å². The van der Waals surface area contributed by atoms with Crippen molar-refractivity contribution in [1.82, 2.24) is 5.32 Å². The Labute approximate surface area is 208 Å². The summed E-state index contributed by atoms with van der Waals surface area (Å²) in [5.74, 6) is 0.384. The Bertz CT molecular complexity index is 1410. The highest BCUT2D eigenvalue weighted by Gasteiger charge is 2.26. The van der Waals surface area contributed by atoms with E-state index in [1.807, 2.05) is 43.3 Å². The lowest BCUT2D eigenvalue weighted by Crippen LogP contribution is -2.34. The van der Waals surface area contributed by atoms with Crippen LogP contribution in [0.1, 0.15) is 35.7 Å². The van der Waals surface area contributed by atoms with E-state index in [2.05, 4.69) is 10.6 Å². The van der Waals surface area contributed by atoms with Crippen LogP contribution in [-0.4, -0.2) is 21.3 Å². The molecule has 0 aliphatic heterocycles. The van der Waals surface area contributed by atoms with Crippen LogP contribution in [0.4, 0.5) is 15.8 Å². The third-order valence-corrected chi connectivity index (χ3v) is 6.08. The molecule has 0 fully saturated rings. The Kier molecular flexibility index (Phi) is 7.36. The van der Waals surface area contributed by atoms with Gasteiger partial charge in [0.25, 0.3) is 10.9 Å². The summed E-state index contributed by atoms with van der Waals surface area (Å²) in [5.41, 5.74) is 1.76. The summed E-state index contributed by atoms with van der Waals surface area (Å²) in [5, 5.41) is 6.60. The molecule has 0 aromatic heterocycles. The van der Waals surface area contributed by atoms with Crippen LogP contribution in [0.25, 0.3) is 0 Å². The molecule has 0 amide bonds. The second-order valence-electron chi connectivity index (χ2n) is 8.28. The molecule has 0 spiro atoms. The Morgan fingerprint density at radius 1 is 0.750 bits per heavy atom. The van der Waals surface area contributed by atoms with E-state index in [0.717, 1.165) is 16.7 Å². The van der Waals surface area contributed by atoms with Crippen LogP contribution in [0.5, 0.6) is 17.2 Å². The standard InChI is InChI=1S/C28H27FN2O5/c1-16(17-8-6-5-7-9-17)30-23(18-10-12-20(29)13-11-18)19-14-21(27(35-3)22(15-19)34-2)31-24-25(32)26(33)28(24)36-4/h5-16,23,30-31H,1-4H3/t16-,23?/m0/s1. The molecule has 2 atom stereocenters. The molecule has 0 bridgehead atoms. The minimum atomic E-state index is -0.690. The van der Waals surface area contributed by atoms with Gasteiger partial charge in [-0.1, -0.05) is 42.5 Å². The third-order valence-electron chi connectivity index (χ3n) is 6.08. The molecular formula is C28H27FN2O5. The first kappa shape index (κ1) is 24.9. The molecular weight excluding hydrogens is 463 g/mol. The predicted octanol–water partition coefficient (Wildman–Crippen LogP) is 4.63. The average molecular weight is 491 g/mol. The number of rotatable bonds is 10. The lowest BCUT2D eigenvalue weighted by atomic mass is 9.95. The number of nitrogens with one attached hydrogen (secondary N) is 2. The van der Waals surface area contributed by atoms with Crippen molar-refractivity contribution in [2.45, 2.75) is 19.0 Å². The Balaban J connectivity index is 1.82. The Morgan fingerprint density at radius 3 is 2.03 bits per heavy atom. The van der Waals surface area contributed by atoms with Crippen LogP contribution in [0.15, 0.2) is 76.3 Å². The molecule has 4 aromatic rings. The van der Waals surface area contributed by atoms with Crippen LogP contribution >= 0.6 is 0 Å². The zero-order valence-corrected chi connectivity index (χ0v) is 20.4. The molecule has 4 rings (SSSR count). The van der Waals surface area contributed by atoms with Gasteiger partial charge in [-0.25, -0.2) is 4.39 Å². The molecule has 36 heavy (non-hydrogen) atoms. The number of hydrogen-bond donors (Lipinski definition) is 2. The molecule has 8 heteroatoms. The average Bonchev–Trinajstić information content (AvgIpc) is 2.91. The monoisotopic (exact) mass is 490 g/mol. The van der Waals surface area contributed by atoms with Crippen molar-refractivity contribution in [3.05, 3.63) is 110 Å². The largest absolute Gasteiger partial charge is 0.493 e. The lowest BCUT2D eigenvalue weighted by Gasteiger charge is -2.27. The first-order chi connectivity index (χ1) is 17.4. The van der Waals surface area contributed by atoms with Crippen LogP contribution in [0.2, 0.25) is 0 Å². The van der Waals surface area contributed by atoms with Gasteiger partial charge in [0.1, 0.15) is 11.5 Å². The zero-order valence-electron chi connectivity index (χ0n) is 20.4. The summed E-state index contributed by atoms with van der Waals surface area (Å²) >= 11 is 0. The van der Waals surface area contributed by atoms with E-state index in [-0.39, 0.29) is 29.3 Å². The first-order valence-electron chi connectivity index (χ1n) is 11.3. The summed E-state index contributed by atoms with van der Waals surface area (Å²) in [4.78, 5) is 24.0. The van der Waals surface area contributed by atoms with Crippen molar-refractivity contribution in [3.63, 3.8) is 0 Å². The normalized spacial score (nSPS) is 12.7. The van der Waals surface area contributed by atoms with Crippen molar-refractivity contribution in [3.8, 4) is 17.2 Å². The van der Waals surface area contributed by atoms with Gasteiger partial charge in [-0.15, -0.1) is 0 Å². The SMILES string of the molecule is COc1cc(C(N[C@@H](C)c2ccccc2)c2ccc(F)cc2)cc(Nc2c(OC)c(=O)c2=O)c1OC. The third kappa shape index (κ3) is 4.81. The molecule has 4 aromatic carbocycles. The minimum Gasteiger partial charge on any atom is -0.493 e. The Morgan fingerprint density at radius 2 is 1.42 bits per heavy atom. The van der Waals surface area contributed by atoms with E-state index in [4.69, 9.17) is 14.2 Å². The second kappa shape index (κ2) is 10.6. The molecule has 0 heterocycles.